The number of esters is 1. The summed E-state index contributed by atoms with van der Waals surface area (Å²) in [5, 5.41) is 11.0. The first kappa shape index (κ1) is 15.6. The van der Waals surface area contributed by atoms with Gasteiger partial charge in [-0.15, -0.1) is 0 Å². The minimum atomic E-state index is -0.528. The topological polar surface area (TPSA) is 59.1 Å². The van der Waals surface area contributed by atoms with Crippen molar-refractivity contribution in [1.29, 1.82) is 0 Å². The van der Waals surface area contributed by atoms with Gasteiger partial charge in [-0.25, -0.2) is 0 Å². The number of rotatable bonds is 0. The first-order valence-corrected chi connectivity index (χ1v) is 9.83. The summed E-state index contributed by atoms with van der Waals surface area (Å²) in [4.78, 5) is 11.9. The van der Waals surface area contributed by atoms with E-state index < -0.39 is 5.60 Å². The van der Waals surface area contributed by atoms with Crippen LogP contribution in [0.15, 0.2) is 0 Å². The highest BCUT2D eigenvalue weighted by Gasteiger charge is 2.76. The second-order valence-electron chi connectivity index (χ2n) is 9.93. The normalized spacial score (nSPS) is 61.8. The second-order valence-corrected chi connectivity index (χ2v) is 9.93. The number of fused-ring (bicyclic) bond motifs is 4. The van der Waals surface area contributed by atoms with Crippen molar-refractivity contribution in [2.45, 2.75) is 89.6 Å². The van der Waals surface area contributed by atoms with E-state index in [1.54, 1.807) is 0 Å². The minimum absolute atomic E-state index is 0.0442. The van der Waals surface area contributed by atoms with Gasteiger partial charge in [0.05, 0.1) is 5.60 Å². The Bertz CT molecular complexity index is 600. The van der Waals surface area contributed by atoms with Gasteiger partial charge in [-0.05, 0) is 75.0 Å². The van der Waals surface area contributed by atoms with Crippen LogP contribution in [0.3, 0.4) is 0 Å². The van der Waals surface area contributed by atoms with Gasteiger partial charge in [0.2, 0.25) is 6.29 Å². The highest BCUT2D eigenvalue weighted by atomic mass is 16.8. The number of hydrogen-bond donors (Lipinski definition) is 1. The van der Waals surface area contributed by atoms with Crippen LogP contribution in [-0.2, 0) is 14.3 Å². The molecule has 0 aromatic heterocycles. The Kier molecular flexibility index (Phi) is 2.85. The lowest BCUT2D eigenvalue weighted by Gasteiger charge is -2.59. The average Bonchev–Trinajstić information content (AvgIpc) is 3.16. The summed E-state index contributed by atoms with van der Waals surface area (Å²) in [7, 11) is 0. The van der Waals surface area contributed by atoms with Gasteiger partial charge < -0.3 is 14.6 Å². The Morgan fingerprint density at radius 2 is 1.67 bits per heavy atom. The van der Waals surface area contributed by atoms with Crippen LogP contribution < -0.4 is 0 Å². The number of epoxide rings is 1. The van der Waals surface area contributed by atoms with Crippen molar-refractivity contribution in [2.75, 3.05) is 0 Å². The summed E-state index contributed by atoms with van der Waals surface area (Å²) in [6, 6.07) is 0. The van der Waals surface area contributed by atoms with E-state index in [2.05, 4.69) is 20.8 Å². The van der Waals surface area contributed by atoms with Gasteiger partial charge in [0.25, 0.3) is 0 Å². The average molecular weight is 334 g/mol. The summed E-state index contributed by atoms with van der Waals surface area (Å²) in [6.07, 6.45) is 7.62. The lowest BCUT2D eigenvalue weighted by molar-refractivity contribution is -0.150. The molecule has 4 nitrogen and oxygen atoms in total. The summed E-state index contributed by atoms with van der Waals surface area (Å²) < 4.78 is 11.6. The molecule has 1 N–H and O–H groups in total. The summed E-state index contributed by atoms with van der Waals surface area (Å²) in [6.45, 7) is 6.74. The zero-order chi connectivity index (χ0) is 17.0. The highest BCUT2D eigenvalue weighted by Crippen LogP contribution is 2.72. The molecule has 134 valence electrons. The van der Waals surface area contributed by atoms with Crippen LogP contribution in [0.1, 0.15) is 72.1 Å². The first-order chi connectivity index (χ1) is 11.2. The third kappa shape index (κ3) is 1.61. The molecule has 0 aromatic rings. The Balaban J connectivity index is 1.51. The maximum Gasteiger partial charge on any atom is 0.308 e. The van der Waals surface area contributed by atoms with E-state index in [-0.39, 0.29) is 28.7 Å². The number of hydrogen-bond acceptors (Lipinski definition) is 4. The molecule has 3 saturated carbocycles. The Labute approximate surface area is 144 Å². The molecule has 0 aromatic carbocycles. The van der Waals surface area contributed by atoms with Crippen LogP contribution in [0.25, 0.3) is 0 Å². The predicted molar refractivity (Wildman–Crippen MR) is 87.9 cm³/mol. The smallest absolute Gasteiger partial charge is 0.308 e. The number of carbonyl (C=O) groups is 1. The Morgan fingerprint density at radius 1 is 0.958 bits per heavy atom. The van der Waals surface area contributed by atoms with E-state index in [4.69, 9.17) is 9.47 Å². The Morgan fingerprint density at radius 3 is 2.46 bits per heavy atom. The molecule has 5 aliphatic rings. The maximum absolute atomic E-state index is 11.9. The molecular weight excluding hydrogens is 304 g/mol. The van der Waals surface area contributed by atoms with E-state index >= 15 is 0 Å². The molecular formula is C20H30O4. The fraction of sp³-hybridized carbons (Fsp3) is 0.950. The van der Waals surface area contributed by atoms with Crippen molar-refractivity contribution >= 4 is 5.97 Å². The zero-order valence-corrected chi connectivity index (χ0v) is 15.1. The SMILES string of the molecule is C[C@]12CC[C@@H]3[C@H](CC[C@]45O[C@H]4OC(=O)CC[C@]35C)[C@H]1CC[C@@]2(C)O. The van der Waals surface area contributed by atoms with Gasteiger partial charge in [-0.1, -0.05) is 13.8 Å². The molecule has 24 heavy (non-hydrogen) atoms. The molecule has 1 spiro atoms. The van der Waals surface area contributed by atoms with Gasteiger partial charge in [-0.3, -0.25) is 4.79 Å². The van der Waals surface area contributed by atoms with E-state index in [1.165, 1.54) is 0 Å². The molecule has 3 aliphatic carbocycles. The third-order valence-electron chi connectivity index (χ3n) is 9.36. The maximum atomic E-state index is 11.9. The quantitative estimate of drug-likeness (QED) is 0.545. The van der Waals surface area contributed by atoms with Gasteiger partial charge in [0.1, 0.15) is 5.60 Å². The van der Waals surface area contributed by atoms with Crippen LogP contribution in [0, 0.1) is 28.6 Å². The van der Waals surface area contributed by atoms with Crippen LogP contribution in [-0.4, -0.2) is 28.6 Å². The number of aliphatic hydroxyl groups is 1. The molecule has 0 bridgehead atoms. The van der Waals surface area contributed by atoms with Crippen molar-refractivity contribution in [3.63, 3.8) is 0 Å². The molecule has 2 heterocycles. The molecule has 0 amide bonds. The van der Waals surface area contributed by atoms with Gasteiger partial charge >= 0.3 is 5.97 Å². The monoisotopic (exact) mass is 334 g/mol. The largest absolute Gasteiger partial charge is 0.432 e. The van der Waals surface area contributed by atoms with Crippen molar-refractivity contribution in [2.24, 2.45) is 28.6 Å². The fourth-order valence-electron chi connectivity index (χ4n) is 7.50. The summed E-state index contributed by atoms with van der Waals surface area (Å²) in [5.41, 5.74) is -0.645. The van der Waals surface area contributed by atoms with Crippen LogP contribution in [0.2, 0.25) is 0 Å². The molecule has 0 unspecified atom stereocenters. The molecule has 0 radical (unpaired) electrons. The molecule has 2 aliphatic heterocycles. The summed E-state index contributed by atoms with van der Waals surface area (Å²) >= 11 is 0. The van der Waals surface area contributed by atoms with E-state index in [9.17, 15) is 9.90 Å². The Hall–Kier alpha value is -0.610. The molecule has 5 fully saturated rings. The number of carbonyl (C=O) groups excluding carboxylic acids is 1. The third-order valence-corrected chi connectivity index (χ3v) is 9.36. The highest BCUT2D eigenvalue weighted by molar-refractivity contribution is 5.70. The second kappa shape index (κ2) is 4.37. The molecule has 8 atom stereocenters. The van der Waals surface area contributed by atoms with E-state index in [0.717, 1.165) is 44.9 Å². The van der Waals surface area contributed by atoms with E-state index in [1.807, 2.05) is 0 Å². The number of ether oxygens (including phenoxy) is 2. The lowest BCUT2D eigenvalue weighted by atomic mass is 9.46. The van der Waals surface area contributed by atoms with Crippen molar-refractivity contribution < 1.29 is 19.4 Å². The first-order valence-electron chi connectivity index (χ1n) is 9.83. The summed E-state index contributed by atoms with van der Waals surface area (Å²) in [5.74, 6) is 1.77. The van der Waals surface area contributed by atoms with Crippen molar-refractivity contribution in [3.8, 4) is 0 Å². The van der Waals surface area contributed by atoms with Crippen LogP contribution >= 0.6 is 0 Å². The minimum Gasteiger partial charge on any atom is -0.432 e. The van der Waals surface area contributed by atoms with Gasteiger partial charge in [-0.2, -0.15) is 0 Å². The van der Waals surface area contributed by atoms with Gasteiger partial charge in [0.15, 0.2) is 0 Å². The molecule has 5 rings (SSSR count). The molecule has 2 saturated heterocycles. The van der Waals surface area contributed by atoms with E-state index in [0.29, 0.717) is 24.2 Å². The van der Waals surface area contributed by atoms with Crippen LogP contribution in [0.4, 0.5) is 0 Å². The fourth-order valence-corrected chi connectivity index (χ4v) is 7.50. The van der Waals surface area contributed by atoms with Crippen molar-refractivity contribution in [3.05, 3.63) is 0 Å². The molecule has 4 heteroatoms. The zero-order valence-electron chi connectivity index (χ0n) is 15.1. The standard InChI is InChI=1S/C20H30O4/c1-17-8-5-14-12(13(17)6-10-19(17,3)22)4-11-20-16(24-20)23-15(21)7-9-18(14,20)2/h12-14,16,22H,4-11H2,1-3H3/t12-,13-,14-,16-,17+,18-,19-,20+/m1/s1. The van der Waals surface area contributed by atoms with Crippen molar-refractivity contribution in [1.82, 2.24) is 0 Å². The van der Waals surface area contributed by atoms with Gasteiger partial charge in [0, 0.05) is 11.8 Å². The lowest BCUT2D eigenvalue weighted by Crippen LogP contribution is -2.57. The predicted octanol–water partition coefficient (Wildman–Crippen LogP) is 3.41. The van der Waals surface area contributed by atoms with Crippen LogP contribution in [0.5, 0.6) is 0 Å².